The minimum atomic E-state index is 0.316. The van der Waals surface area contributed by atoms with Crippen LogP contribution in [0.25, 0.3) is 0 Å². The Hall–Kier alpha value is -2.41. The highest BCUT2D eigenvalue weighted by Crippen LogP contribution is 2.15. The van der Waals surface area contributed by atoms with Crippen LogP contribution < -0.4 is 15.4 Å². The predicted octanol–water partition coefficient (Wildman–Crippen LogP) is 2.08. The van der Waals surface area contributed by atoms with E-state index in [1.165, 1.54) is 0 Å². The van der Waals surface area contributed by atoms with Gasteiger partial charge in [0.15, 0.2) is 0 Å². The Morgan fingerprint density at radius 3 is 3.00 bits per heavy atom. The molecule has 1 aliphatic heterocycles. The van der Waals surface area contributed by atoms with Gasteiger partial charge in [0.1, 0.15) is 18.0 Å². The van der Waals surface area contributed by atoms with Gasteiger partial charge in [-0.2, -0.15) is 0 Å². The quantitative estimate of drug-likeness (QED) is 0.844. The summed E-state index contributed by atoms with van der Waals surface area (Å²) in [6, 6.07) is 6.06. The summed E-state index contributed by atoms with van der Waals surface area (Å²) in [7, 11) is 1.61. The van der Waals surface area contributed by atoms with Crippen LogP contribution in [0.5, 0.6) is 5.88 Å². The Morgan fingerprint density at radius 2 is 2.17 bits per heavy atom. The third-order valence-corrected chi connectivity index (χ3v) is 3.66. The molecule has 2 N–H and O–H groups in total. The van der Waals surface area contributed by atoms with E-state index < -0.39 is 0 Å². The lowest BCUT2D eigenvalue weighted by atomic mass is 10.1. The number of nitrogens with one attached hydrogen (secondary N) is 2. The summed E-state index contributed by atoms with van der Waals surface area (Å²) in [6.45, 7) is 2.22. The molecule has 122 valence electrons. The molecule has 0 radical (unpaired) electrons. The topological polar surface area (TPSA) is 81.2 Å². The van der Waals surface area contributed by atoms with Gasteiger partial charge in [-0.1, -0.05) is 0 Å². The third kappa shape index (κ3) is 4.53. The van der Waals surface area contributed by atoms with E-state index in [0.29, 0.717) is 18.5 Å². The third-order valence-electron chi connectivity index (χ3n) is 3.66. The molecule has 2 aromatic rings. The van der Waals surface area contributed by atoms with Gasteiger partial charge >= 0.3 is 0 Å². The summed E-state index contributed by atoms with van der Waals surface area (Å²) in [5, 5.41) is 6.68. The van der Waals surface area contributed by atoms with Crippen molar-refractivity contribution in [2.75, 3.05) is 31.0 Å². The largest absolute Gasteiger partial charge is 0.481 e. The minimum Gasteiger partial charge on any atom is -0.481 e. The van der Waals surface area contributed by atoms with Crippen LogP contribution in [-0.4, -0.2) is 41.3 Å². The number of ether oxygens (including phenoxy) is 2. The maximum atomic E-state index is 5.47. The number of rotatable bonds is 6. The molecule has 3 heterocycles. The fraction of sp³-hybridized carbons (Fsp3) is 0.438. The van der Waals surface area contributed by atoms with Crippen LogP contribution in [-0.2, 0) is 11.3 Å². The summed E-state index contributed by atoms with van der Waals surface area (Å²) >= 11 is 0. The Kier molecular flexibility index (Phi) is 5.21. The first-order valence-electron chi connectivity index (χ1n) is 7.72. The average Bonchev–Trinajstić information content (AvgIpc) is 2.61. The molecule has 23 heavy (non-hydrogen) atoms. The number of methoxy groups -OCH3 is 1. The molecule has 0 aromatic carbocycles. The van der Waals surface area contributed by atoms with Crippen LogP contribution in [0.4, 0.5) is 11.6 Å². The van der Waals surface area contributed by atoms with Crippen LogP contribution in [0.2, 0.25) is 0 Å². The van der Waals surface area contributed by atoms with Crippen molar-refractivity contribution >= 4 is 11.6 Å². The van der Waals surface area contributed by atoms with Gasteiger partial charge in [-0.3, -0.25) is 0 Å². The molecule has 0 spiro atoms. The fourth-order valence-electron chi connectivity index (χ4n) is 2.46. The zero-order valence-electron chi connectivity index (χ0n) is 13.2. The first-order chi connectivity index (χ1) is 11.3. The van der Waals surface area contributed by atoms with Gasteiger partial charge in [0.25, 0.3) is 0 Å². The first kappa shape index (κ1) is 15.5. The van der Waals surface area contributed by atoms with E-state index in [4.69, 9.17) is 9.47 Å². The molecule has 0 saturated carbocycles. The zero-order valence-corrected chi connectivity index (χ0v) is 13.2. The molecule has 7 nitrogen and oxygen atoms in total. The van der Waals surface area contributed by atoms with E-state index >= 15 is 0 Å². The number of anilines is 2. The molecule has 0 bridgehead atoms. The molecule has 1 saturated heterocycles. The standard InChI is InChI=1S/C16H21N5O2/c1-22-16-7-12(4-5-17-16)9-18-14-8-15(20-11-19-14)21-13-3-2-6-23-10-13/h4-5,7-8,11,13H,2-3,6,9-10H2,1H3,(H2,18,19,20,21). The summed E-state index contributed by atoms with van der Waals surface area (Å²) in [5.74, 6) is 2.19. The van der Waals surface area contributed by atoms with Gasteiger partial charge in [-0.25, -0.2) is 15.0 Å². The Balaban J connectivity index is 1.58. The van der Waals surface area contributed by atoms with Crippen LogP contribution in [0, 0.1) is 0 Å². The maximum Gasteiger partial charge on any atom is 0.213 e. The Bertz CT molecular complexity index is 631. The van der Waals surface area contributed by atoms with Crippen molar-refractivity contribution in [3.8, 4) is 5.88 Å². The van der Waals surface area contributed by atoms with Gasteiger partial charge in [0.05, 0.1) is 19.8 Å². The van der Waals surface area contributed by atoms with Crippen LogP contribution in [0.1, 0.15) is 18.4 Å². The second-order valence-electron chi connectivity index (χ2n) is 5.41. The highest BCUT2D eigenvalue weighted by molar-refractivity contribution is 5.47. The second-order valence-corrected chi connectivity index (χ2v) is 5.41. The molecule has 2 aromatic heterocycles. The number of aromatic nitrogens is 3. The van der Waals surface area contributed by atoms with Crippen molar-refractivity contribution < 1.29 is 9.47 Å². The molecule has 0 amide bonds. The molecule has 1 aliphatic rings. The highest BCUT2D eigenvalue weighted by atomic mass is 16.5. The van der Waals surface area contributed by atoms with Crippen LogP contribution in [0.3, 0.4) is 0 Å². The van der Waals surface area contributed by atoms with Crippen LogP contribution >= 0.6 is 0 Å². The molecule has 1 atom stereocenters. The van der Waals surface area contributed by atoms with E-state index in [0.717, 1.165) is 43.3 Å². The maximum absolute atomic E-state index is 5.47. The lowest BCUT2D eigenvalue weighted by Gasteiger charge is -2.23. The van der Waals surface area contributed by atoms with Gasteiger partial charge in [0, 0.05) is 31.5 Å². The van der Waals surface area contributed by atoms with Gasteiger partial charge < -0.3 is 20.1 Å². The predicted molar refractivity (Wildman–Crippen MR) is 87.6 cm³/mol. The van der Waals surface area contributed by atoms with E-state index in [2.05, 4.69) is 25.6 Å². The van der Waals surface area contributed by atoms with Crippen LogP contribution in [0.15, 0.2) is 30.7 Å². The van der Waals surface area contributed by atoms with E-state index in [1.807, 2.05) is 18.2 Å². The van der Waals surface area contributed by atoms with Crippen molar-refractivity contribution in [2.24, 2.45) is 0 Å². The number of nitrogens with zero attached hydrogens (tertiary/aromatic N) is 3. The first-order valence-corrected chi connectivity index (χ1v) is 7.72. The van der Waals surface area contributed by atoms with E-state index in [1.54, 1.807) is 19.6 Å². The zero-order chi connectivity index (χ0) is 15.9. The Morgan fingerprint density at radius 1 is 1.26 bits per heavy atom. The van der Waals surface area contributed by atoms with Gasteiger partial charge in [0.2, 0.25) is 5.88 Å². The normalized spacial score (nSPS) is 17.5. The molecule has 1 fully saturated rings. The second kappa shape index (κ2) is 7.73. The highest BCUT2D eigenvalue weighted by Gasteiger charge is 2.14. The Labute approximate surface area is 135 Å². The lowest BCUT2D eigenvalue weighted by Crippen LogP contribution is -2.30. The van der Waals surface area contributed by atoms with Crippen molar-refractivity contribution in [1.82, 2.24) is 15.0 Å². The van der Waals surface area contributed by atoms with Crippen molar-refractivity contribution in [1.29, 1.82) is 0 Å². The number of pyridine rings is 1. The fourth-order valence-corrected chi connectivity index (χ4v) is 2.46. The molecular formula is C16H21N5O2. The summed E-state index contributed by atoms with van der Waals surface area (Å²) < 4.78 is 10.6. The monoisotopic (exact) mass is 315 g/mol. The molecule has 0 aliphatic carbocycles. The summed E-state index contributed by atoms with van der Waals surface area (Å²) in [4.78, 5) is 12.6. The van der Waals surface area contributed by atoms with Crippen molar-refractivity contribution in [2.45, 2.75) is 25.4 Å². The number of hydrogen-bond acceptors (Lipinski definition) is 7. The van der Waals surface area contributed by atoms with Crippen molar-refractivity contribution in [3.05, 3.63) is 36.3 Å². The molecular weight excluding hydrogens is 294 g/mol. The van der Waals surface area contributed by atoms with E-state index in [-0.39, 0.29) is 0 Å². The van der Waals surface area contributed by atoms with E-state index in [9.17, 15) is 0 Å². The summed E-state index contributed by atoms with van der Waals surface area (Å²) in [6.07, 6.45) is 5.47. The molecule has 1 unspecified atom stereocenters. The summed E-state index contributed by atoms with van der Waals surface area (Å²) in [5.41, 5.74) is 1.07. The SMILES string of the molecule is COc1cc(CNc2cc(NC3CCCOC3)ncn2)ccn1. The van der Waals surface area contributed by atoms with Gasteiger partial charge in [-0.05, 0) is 24.5 Å². The molecule has 7 heteroatoms. The van der Waals surface area contributed by atoms with Gasteiger partial charge in [-0.15, -0.1) is 0 Å². The number of hydrogen-bond donors (Lipinski definition) is 2. The smallest absolute Gasteiger partial charge is 0.213 e. The lowest BCUT2D eigenvalue weighted by molar-refractivity contribution is 0.0875. The molecule has 3 rings (SSSR count). The minimum absolute atomic E-state index is 0.316. The average molecular weight is 315 g/mol. The van der Waals surface area contributed by atoms with Crippen molar-refractivity contribution in [3.63, 3.8) is 0 Å².